The second-order valence-electron chi connectivity index (χ2n) is 8.23. The number of amides is 1. The van der Waals surface area contributed by atoms with Crippen LogP contribution in [0.3, 0.4) is 0 Å². The third-order valence-corrected chi connectivity index (χ3v) is 6.70. The topological polar surface area (TPSA) is 97.4 Å². The summed E-state index contributed by atoms with van der Waals surface area (Å²) in [5.41, 5.74) is 2.33. The highest BCUT2D eigenvalue weighted by Gasteiger charge is 2.18. The monoisotopic (exact) mass is 498 g/mol. The molecule has 2 heterocycles. The first kappa shape index (κ1) is 23.5. The van der Waals surface area contributed by atoms with Crippen LogP contribution < -0.4 is 15.0 Å². The Kier molecular flexibility index (Phi) is 6.60. The molecule has 0 saturated heterocycles. The molecule has 180 valence electrons. The first-order chi connectivity index (χ1) is 17.5. The van der Waals surface area contributed by atoms with Gasteiger partial charge >= 0.3 is 0 Å². The number of para-hydroxylation sites is 1. The zero-order valence-corrected chi connectivity index (χ0v) is 20.3. The maximum Gasteiger partial charge on any atom is 0.266 e. The van der Waals surface area contributed by atoms with Crippen molar-refractivity contribution in [3.8, 4) is 23.3 Å². The van der Waals surface area contributed by atoms with E-state index in [1.165, 1.54) is 16.3 Å². The molecule has 8 nitrogen and oxygen atoms in total. The van der Waals surface area contributed by atoms with Gasteiger partial charge in [-0.3, -0.25) is 14.2 Å². The van der Waals surface area contributed by atoms with E-state index in [4.69, 9.17) is 14.7 Å². The lowest BCUT2D eigenvalue weighted by atomic mass is 10.2. The molecule has 9 heteroatoms. The smallest absolute Gasteiger partial charge is 0.266 e. The lowest BCUT2D eigenvalue weighted by Gasteiger charge is -2.21. The number of carbonyl (C=O) groups is 1. The minimum atomic E-state index is -0.232. The number of benzene rings is 3. The standard InChI is InChI=1S/C27H22N4O4S/c1-30(16-19-8-11-23-24(14-19)35-13-12-34-23)25(32)17-36-27-29-22-5-3-2-4-21(22)26(33)31(27)20-9-6-18(15-28)7-10-20/h2-11,14H,12-13,16-17H2,1H3. The molecule has 1 aliphatic rings. The summed E-state index contributed by atoms with van der Waals surface area (Å²) in [6.07, 6.45) is 0. The summed E-state index contributed by atoms with van der Waals surface area (Å²) in [7, 11) is 1.74. The molecule has 0 N–H and O–H groups in total. The first-order valence-electron chi connectivity index (χ1n) is 11.3. The molecule has 1 aliphatic heterocycles. The summed E-state index contributed by atoms with van der Waals surface area (Å²) >= 11 is 1.20. The Bertz CT molecular complexity index is 1540. The predicted molar refractivity (Wildman–Crippen MR) is 137 cm³/mol. The van der Waals surface area contributed by atoms with E-state index in [9.17, 15) is 9.59 Å². The molecule has 0 radical (unpaired) electrons. The van der Waals surface area contributed by atoms with Gasteiger partial charge in [-0.15, -0.1) is 0 Å². The molecule has 0 atom stereocenters. The number of fused-ring (bicyclic) bond motifs is 2. The highest BCUT2D eigenvalue weighted by atomic mass is 32.2. The number of rotatable bonds is 6. The SMILES string of the molecule is CN(Cc1ccc2c(c1)OCCO2)C(=O)CSc1nc2ccccc2c(=O)n1-c1ccc(C#N)cc1. The largest absolute Gasteiger partial charge is 0.486 e. The van der Waals surface area contributed by atoms with E-state index in [1.807, 2.05) is 24.3 Å². The van der Waals surface area contributed by atoms with Gasteiger partial charge in [-0.2, -0.15) is 5.26 Å². The molecule has 0 bridgehead atoms. The second kappa shape index (κ2) is 10.1. The van der Waals surface area contributed by atoms with Gasteiger partial charge in [0, 0.05) is 13.6 Å². The normalized spacial score (nSPS) is 12.2. The van der Waals surface area contributed by atoms with Crippen molar-refractivity contribution in [2.45, 2.75) is 11.7 Å². The minimum absolute atomic E-state index is 0.0993. The van der Waals surface area contributed by atoms with E-state index in [1.54, 1.807) is 54.4 Å². The number of nitriles is 1. The number of carbonyl (C=O) groups excluding carboxylic acids is 1. The van der Waals surface area contributed by atoms with Crippen LogP contribution in [0.5, 0.6) is 11.5 Å². The predicted octanol–water partition coefficient (Wildman–Crippen LogP) is 3.78. The molecular weight excluding hydrogens is 476 g/mol. The third-order valence-electron chi connectivity index (χ3n) is 5.78. The van der Waals surface area contributed by atoms with Crippen LogP contribution in [0.4, 0.5) is 0 Å². The van der Waals surface area contributed by atoms with Crippen LogP contribution in [-0.4, -0.2) is 46.4 Å². The van der Waals surface area contributed by atoms with Gasteiger partial charge in [-0.05, 0) is 54.1 Å². The van der Waals surface area contributed by atoms with Crippen molar-refractivity contribution in [1.29, 1.82) is 5.26 Å². The maximum atomic E-state index is 13.4. The van der Waals surface area contributed by atoms with Crippen molar-refractivity contribution in [3.05, 3.63) is 88.2 Å². The van der Waals surface area contributed by atoms with E-state index < -0.39 is 0 Å². The number of thioether (sulfide) groups is 1. The first-order valence-corrected chi connectivity index (χ1v) is 12.3. The van der Waals surface area contributed by atoms with Crippen LogP contribution in [0.1, 0.15) is 11.1 Å². The molecular formula is C27H22N4O4S. The van der Waals surface area contributed by atoms with E-state index in [-0.39, 0.29) is 17.2 Å². The summed E-state index contributed by atoms with van der Waals surface area (Å²) in [6, 6.07) is 21.6. The fourth-order valence-corrected chi connectivity index (χ4v) is 4.86. The Hall–Kier alpha value is -4.29. The highest BCUT2D eigenvalue weighted by Crippen LogP contribution is 2.31. The molecule has 0 saturated carbocycles. The Labute approximate surface area is 211 Å². The average Bonchev–Trinajstić information content (AvgIpc) is 2.92. The van der Waals surface area contributed by atoms with E-state index in [0.29, 0.717) is 58.6 Å². The summed E-state index contributed by atoms with van der Waals surface area (Å²) in [6.45, 7) is 1.43. The Morgan fingerprint density at radius 3 is 2.61 bits per heavy atom. The second-order valence-corrected chi connectivity index (χ2v) is 9.17. The van der Waals surface area contributed by atoms with Gasteiger partial charge in [-0.25, -0.2) is 4.98 Å². The molecule has 0 fully saturated rings. The van der Waals surface area contributed by atoms with Gasteiger partial charge < -0.3 is 14.4 Å². The highest BCUT2D eigenvalue weighted by molar-refractivity contribution is 7.99. The van der Waals surface area contributed by atoms with E-state index >= 15 is 0 Å². The number of hydrogen-bond acceptors (Lipinski definition) is 7. The maximum absolute atomic E-state index is 13.4. The Morgan fingerprint density at radius 2 is 1.83 bits per heavy atom. The zero-order chi connectivity index (χ0) is 25.1. The van der Waals surface area contributed by atoms with Gasteiger partial charge in [0.15, 0.2) is 16.7 Å². The summed E-state index contributed by atoms with van der Waals surface area (Å²) in [5.74, 6) is 1.38. The van der Waals surface area contributed by atoms with Crippen LogP contribution in [0.2, 0.25) is 0 Å². The molecule has 0 spiro atoms. The zero-order valence-electron chi connectivity index (χ0n) is 19.5. The number of ether oxygens (including phenoxy) is 2. The quantitative estimate of drug-likeness (QED) is 0.295. The van der Waals surface area contributed by atoms with Gasteiger partial charge in [0.2, 0.25) is 5.91 Å². The molecule has 0 unspecified atom stereocenters. The van der Waals surface area contributed by atoms with Crippen LogP contribution in [-0.2, 0) is 11.3 Å². The van der Waals surface area contributed by atoms with Crippen molar-refractivity contribution in [1.82, 2.24) is 14.5 Å². The molecule has 1 amide bonds. The van der Waals surface area contributed by atoms with Crippen molar-refractivity contribution < 1.29 is 14.3 Å². The van der Waals surface area contributed by atoms with Crippen molar-refractivity contribution >= 4 is 28.6 Å². The van der Waals surface area contributed by atoms with Crippen LogP contribution >= 0.6 is 11.8 Å². The number of nitrogens with zero attached hydrogens (tertiary/aromatic N) is 4. The molecule has 3 aromatic carbocycles. The van der Waals surface area contributed by atoms with Gasteiger partial charge in [0.1, 0.15) is 13.2 Å². The summed E-state index contributed by atoms with van der Waals surface area (Å²) in [4.78, 5) is 32.7. The molecule has 0 aliphatic carbocycles. The van der Waals surface area contributed by atoms with Gasteiger partial charge in [0.05, 0.1) is 34.0 Å². The minimum Gasteiger partial charge on any atom is -0.486 e. The van der Waals surface area contributed by atoms with Crippen molar-refractivity contribution in [2.75, 3.05) is 26.0 Å². The molecule has 1 aromatic heterocycles. The van der Waals surface area contributed by atoms with E-state index in [2.05, 4.69) is 11.1 Å². The van der Waals surface area contributed by atoms with Crippen LogP contribution in [0, 0.1) is 11.3 Å². The van der Waals surface area contributed by atoms with Crippen molar-refractivity contribution in [3.63, 3.8) is 0 Å². The lowest BCUT2D eigenvalue weighted by molar-refractivity contribution is -0.127. The average molecular weight is 499 g/mol. The number of hydrogen-bond donors (Lipinski definition) is 0. The van der Waals surface area contributed by atoms with Crippen LogP contribution in [0.25, 0.3) is 16.6 Å². The summed E-state index contributed by atoms with van der Waals surface area (Å²) < 4.78 is 12.7. The van der Waals surface area contributed by atoms with Crippen molar-refractivity contribution in [2.24, 2.45) is 0 Å². The lowest BCUT2D eigenvalue weighted by Crippen LogP contribution is -2.28. The van der Waals surface area contributed by atoms with Gasteiger partial charge in [-0.1, -0.05) is 30.0 Å². The van der Waals surface area contributed by atoms with Crippen LogP contribution in [0.15, 0.2) is 76.7 Å². The molecule has 36 heavy (non-hydrogen) atoms. The summed E-state index contributed by atoms with van der Waals surface area (Å²) in [5, 5.41) is 10.0. The fourth-order valence-electron chi connectivity index (χ4n) is 3.91. The third kappa shape index (κ3) is 4.76. The fraction of sp³-hybridized carbons (Fsp3) is 0.185. The Balaban J connectivity index is 1.38. The van der Waals surface area contributed by atoms with Gasteiger partial charge in [0.25, 0.3) is 5.56 Å². The molecule has 5 rings (SSSR count). The Morgan fingerprint density at radius 1 is 1.08 bits per heavy atom. The molecule has 4 aromatic rings. The van der Waals surface area contributed by atoms with E-state index in [0.717, 1.165) is 5.56 Å². The number of aromatic nitrogens is 2.